The lowest BCUT2D eigenvalue weighted by Gasteiger charge is -2.14. The van der Waals surface area contributed by atoms with Crippen molar-refractivity contribution in [2.75, 3.05) is 0 Å². The first kappa shape index (κ1) is 17.8. The van der Waals surface area contributed by atoms with Gasteiger partial charge in [0, 0.05) is 17.1 Å². The molecule has 1 aliphatic rings. The van der Waals surface area contributed by atoms with Gasteiger partial charge in [-0.2, -0.15) is 0 Å². The predicted octanol–water partition coefficient (Wildman–Crippen LogP) is 3.71. The monoisotopic (exact) mass is 376 g/mol. The van der Waals surface area contributed by atoms with Crippen molar-refractivity contribution in [2.45, 2.75) is 41.8 Å². The quantitative estimate of drug-likeness (QED) is 0.778. The summed E-state index contributed by atoms with van der Waals surface area (Å²) in [5, 5.41) is 3.88. The van der Waals surface area contributed by atoms with Gasteiger partial charge in [-0.25, -0.2) is 9.78 Å². The number of benzene rings is 1. The van der Waals surface area contributed by atoms with Crippen LogP contribution in [-0.4, -0.2) is 29.0 Å². The topological polar surface area (TPSA) is 68.3 Å². The first-order valence-electron chi connectivity index (χ1n) is 7.93. The highest BCUT2D eigenvalue weighted by molar-refractivity contribution is 7.99. The summed E-state index contributed by atoms with van der Waals surface area (Å²) in [5.41, 5.74) is 0.304. The van der Waals surface area contributed by atoms with Crippen molar-refractivity contribution in [2.24, 2.45) is 0 Å². The number of nitrogens with zero attached hydrogens (tertiary/aromatic N) is 1. The van der Waals surface area contributed by atoms with E-state index in [1.54, 1.807) is 31.3 Å². The third-order valence-corrected chi connectivity index (χ3v) is 5.15. The molecule has 0 bridgehead atoms. The van der Waals surface area contributed by atoms with Crippen LogP contribution in [0.4, 0.5) is 0 Å². The summed E-state index contributed by atoms with van der Waals surface area (Å²) in [4.78, 5) is 29.5. The van der Waals surface area contributed by atoms with Crippen LogP contribution in [0.2, 0.25) is 5.02 Å². The Hall–Kier alpha value is -2.05. The van der Waals surface area contributed by atoms with Crippen molar-refractivity contribution in [1.82, 2.24) is 10.3 Å². The molecule has 2 aromatic rings. The lowest BCUT2D eigenvalue weighted by Crippen LogP contribution is -2.37. The highest BCUT2D eigenvalue weighted by Gasteiger charge is 2.28. The Bertz CT molecular complexity index is 795. The van der Waals surface area contributed by atoms with E-state index in [4.69, 9.17) is 16.3 Å². The zero-order valence-corrected chi connectivity index (χ0v) is 15.1. The van der Waals surface area contributed by atoms with Crippen LogP contribution in [0.25, 0.3) is 0 Å². The number of nitrogens with one attached hydrogen (secondary N) is 1. The predicted molar refractivity (Wildman–Crippen MR) is 95.9 cm³/mol. The third kappa shape index (κ3) is 4.74. The minimum Gasteiger partial charge on any atom is -0.449 e. The SMILES string of the molecule is C[C@@H](OC(=O)c1cccnc1Sc1ccccc1Cl)C(=O)NC1CC1. The van der Waals surface area contributed by atoms with Crippen LogP contribution in [0.1, 0.15) is 30.1 Å². The molecule has 7 heteroatoms. The van der Waals surface area contributed by atoms with Crippen molar-refractivity contribution in [3.63, 3.8) is 0 Å². The van der Waals surface area contributed by atoms with Gasteiger partial charge in [0.25, 0.3) is 5.91 Å². The Labute approximate surface area is 155 Å². The highest BCUT2D eigenvalue weighted by Crippen LogP contribution is 2.33. The van der Waals surface area contributed by atoms with Gasteiger partial charge >= 0.3 is 5.97 Å². The van der Waals surface area contributed by atoms with E-state index in [9.17, 15) is 9.59 Å². The van der Waals surface area contributed by atoms with Crippen LogP contribution >= 0.6 is 23.4 Å². The summed E-state index contributed by atoms with van der Waals surface area (Å²) in [6.07, 6.45) is 2.70. The molecule has 130 valence electrons. The largest absolute Gasteiger partial charge is 0.449 e. The van der Waals surface area contributed by atoms with Gasteiger partial charge < -0.3 is 10.1 Å². The first-order valence-corrected chi connectivity index (χ1v) is 9.13. The van der Waals surface area contributed by atoms with Crippen LogP contribution in [0.5, 0.6) is 0 Å². The number of halogens is 1. The van der Waals surface area contributed by atoms with E-state index in [1.807, 2.05) is 18.2 Å². The van der Waals surface area contributed by atoms with Gasteiger partial charge in [-0.05, 0) is 44.0 Å². The number of aromatic nitrogens is 1. The molecule has 1 aliphatic carbocycles. The molecule has 0 saturated heterocycles. The number of carbonyl (C=O) groups is 2. The number of esters is 1. The molecule has 1 N–H and O–H groups in total. The van der Waals surface area contributed by atoms with E-state index < -0.39 is 12.1 Å². The second-order valence-electron chi connectivity index (χ2n) is 5.72. The Balaban J connectivity index is 1.72. The first-order chi connectivity index (χ1) is 12.0. The number of carbonyl (C=O) groups excluding carboxylic acids is 2. The number of hydrogen-bond donors (Lipinski definition) is 1. The van der Waals surface area contributed by atoms with Crippen molar-refractivity contribution < 1.29 is 14.3 Å². The smallest absolute Gasteiger partial charge is 0.341 e. The molecule has 1 heterocycles. The Kier molecular flexibility index (Phi) is 5.60. The molecule has 1 atom stereocenters. The zero-order valence-electron chi connectivity index (χ0n) is 13.6. The minimum absolute atomic E-state index is 0.221. The number of ether oxygens (including phenoxy) is 1. The molecule has 0 unspecified atom stereocenters. The standard InChI is InChI=1S/C18H17ClN2O3S/c1-11(16(22)21-12-8-9-12)24-18(23)13-5-4-10-20-17(13)25-15-7-3-2-6-14(15)19/h2-7,10-12H,8-9H2,1H3,(H,21,22)/t11-/m1/s1. The van der Waals surface area contributed by atoms with Gasteiger partial charge in [0.05, 0.1) is 10.6 Å². The lowest BCUT2D eigenvalue weighted by atomic mass is 10.3. The maximum atomic E-state index is 12.5. The number of pyridine rings is 1. The molecule has 1 saturated carbocycles. The Morgan fingerprint density at radius 1 is 1.28 bits per heavy atom. The average molecular weight is 377 g/mol. The Morgan fingerprint density at radius 2 is 2.04 bits per heavy atom. The van der Waals surface area contributed by atoms with E-state index in [0.29, 0.717) is 15.6 Å². The molecule has 25 heavy (non-hydrogen) atoms. The van der Waals surface area contributed by atoms with E-state index in [0.717, 1.165) is 17.7 Å². The highest BCUT2D eigenvalue weighted by atomic mass is 35.5. The van der Waals surface area contributed by atoms with E-state index >= 15 is 0 Å². The molecule has 0 spiro atoms. The van der Waals surface area contributed by atoms with Gasteiger partial charge in [-0.15, -0.1) is 0 Å². The average Bonchev–Trinajstić information content (AvgIpc) is 3.41. The van der Waals surface area contributed by atoms with Gasteiger partial charge in [0.15, 0.2) is 6.10 Å². The third-order valence-electron chi connectivity index (χ3n) is 3.61. The van der Waals surface area contributed by atoms with Crippen LogP contribution in [0, 0.1) is 0 Å². The molecule has 1 fully saturated rings. The van der Waals surface area contributed by atoms with Crippen LogP contribution < -0.4 is 5.32 Å². The van der Waals surface area contributed by atoms with E-state index in [-0.39, 0.29) is 11.9 Å². The molecular formula is C18H17ClN2O3S. The van der Waals surface area contributed by atoms with E-state index in [2.05, 4.69) is 10.3 Å². The molecule has 1 aromatic heterocycles. The number of rotatable bonds is 6. The Morgan fingerprint density at radius 3 is 2.76 bits per heavy atom. The number of amides is 1. The van der Waals surface area contributed by atoms with Gasteiger partial charge in [0.2, 0.25) is 0 Å². The van der Waals surface area contributed by atoms with Crippen LogP contribution in [0.3, 0.4) is 0 Å². The van der Waals surface area contributed by atoms with Crippen molar-refractivity contribution in [3.05, 3.63) is 53.2 Å². The van der Waals surface area contributed by atoms with E-state index in [1.165, 1.54) is 11.8 Å². The van der Waals surface area contributed by atoms with Crippen molar-refractivity contribution in [1.29, 1.82) is 0 Å². The lowest BCUT2D eigenvalue weighted by molar-refractivity contribution is -0.129. The summed E-state index contributed by atoms with van der Waals surface area (Å²) in [5.74, 6) is -0.860. The molecule has 0 radical (unpaired) electrons. The van der Waals surface area contributed by atoms with Crippen LogP contribution in [0.15, 0.2) is 52.5 Å². The van der Waals surface area contributed by atoms with Gasteiger partial charge in [-0.1, -0.05) is 35.5 Å². The van der Waals surface area contributed by atoms with Crippen molar-refractivity contribution in [3.8, 4) is 0 Å². The second kappa shape index (κ2) is 7.89. The maximum absolute atomic E-state index is 12.5. The molecule has 0 aliphatic heterocycles. The second-order valence-corrected chi connectivity index (χ2v) is 7.16. The molecule has 1 amide bonds. The molecule has 3 rings (SSSR count). The maximum Gasteiger partial charge on any atom is 0.341 e. The van der Waals surface area contributed by atoms with Gasteiger partial charge in [0.1, 0.15) is 5.03 Å². The zero-order chi connectivity index (χ0) is 17.8. The summed E-state index contributed by atoms with van der Waals surface area (Å²) in [6, 6.07) is 10.8. The summed E-state index contributed by atoms with van der Waals surface area (Å²) in [7, 11) is 0. The fraction of sp³-hybridized carbons (Fsp3) is 0.278. The number of hydrogen-bond acceptors (Lipinski definition) is 5. The molecular weight excluding hydrogens is 360 g/mol. The summed E-state index contributed by atoms with van der Waals surface area (Å²) < 4.78 is 5.30. The minimum atomic E-state index is -0.855. The van der Waals surface area contributed by atoms with Gasteiger partial charge in [-0.3, -0.25) is 4.79 Å². The van der Waals surface area contributed by atoms with Crippen molar-refractivity contribution >= 4 is 35.2 Å². The molecule has 5 nitrogen and oxygen atoms in total. The fourth-order valence-corrected chi connectivity index (χ4v) is 3.23. The normalized spacial score (nSPS) is 14.6. The fourth-order valence-electron chi connectivity index (χ4n) is 2.08. The summed E-state index contributed by atoms with van der Waals surface area (Å²) >= 11 is 7.45. The molecule has 1 aromatic carbocycles. The van der Waals surface area contributed by atoms with Crippen LogP contribution in [-0.2, 0) is 9.53 Å². The summed E-state index contributed by atoms with van der Waals surface area (Å²) in [6.45, 7) is 1.56.